The fourth-order valence-corrected chi connectivity index (χ4v) is 4.30. The summed E-state index contributed by atoms with van der Waals surface area (Å²) in [5.74, 6) is -1.12. The number of carboxylic acids is 1. The summed E-state index contributed by atoms with van der Waals surface area (Å²) >= 11 is 1.26. The van der Waals surface area contributed by atoms with Crippen molar-refractivity contribution in [2.45, 2.75) is 36.3 Å². The lowest BCUT2D eigenvalue weighted by Gasteiger charge is -2.49. The van der Waals surface area contributed by atoms with Gasteiger partial charge in [-0.05, 0) is 36.5 Å². The number of benzene rings is 1. The summed E-state index contributed by atoms with van der Waals surface area (Å²) in [5.41, 5.74) is 0.0682. The molecule has 0 aromatic heterocycles. The standard InChI is InChI=1S/C13H15FO2S/c1-12(2)7-13(8-12,11(15)16)17-10-5-3-4-9(14)6-10/h3-6H,7-8H2,1-2H3,(H,15,16). The molecular formula is C13H15FO2S. The molecule has 0 unspecified atom stereocenters. The highest BCUT2D eigenvalue weighted by atomic mass is 32.2. The highest BCUT2D eigenvalue weighted by Crippen LogP contribution is 2.57. The topological polar surface area (TPSA) is 37.3 Å². The van der Waals surface area contributed by atoms with Gasteiger partial charge in [0.25, 0.3) is 0 Å². The molecule has 1 aliphatic carbocycles. The van der Waals surface area contributed by atoms with Crippen molar-refractivity contribution in [1.29, 1.82) is 0 Å². The number of carboxylic acid groups (broad SMARTS) is 1. The fraction of sp³-hybridized carbons (Fsp3) is 0.462. The second-order valence-corrected chi connectivity index (χ2v) is 6.83. The van der Waals surface area contributed by atoms with Crippen LogP contribution in [-0.2, 0) is 4.79 Å². The van der Waals surface area contributed by atoms with Crippen LogP contribution >= 0.6 is 11.8 Å². The molecule has 0 atom stereocenters. The minimum Gasteiger partial charge on any atom is -0.480 e. The van der Waals surface area contributed by atoms with Crippen molar-refractivity contribution in [3.8, 4) is 0 Å². The second kappa shape index (κ2) is 4.02. The smallest absolute Gasteiger partial charge is 0.320 e. The minimum atomic E-state index is -0.800. The van der Waals surface area contributed by atoms with Crippen molar-refractivity contribution in [2.75, 3.05) is 0 Å². The molecule has 0 spiro atoms. The second-order valence-electron chi connectivity index (χ2n) is 5.38. The summed E-state index contributed by atoms with van der Waals surface area (Å²) in [6.45, 7) is 4.11. The van der Waals surface area contributed by atoms with Gasteiger partial charge in [0, 0.05) is 4.90 Å². The summed E-state index contributed by atoms with van der Waals surface area (Å²) < 4.78 is 12.3. The van der Waals surface area contributed by atoms with Gasteiger partial charge in [0.2, 0.25) is 0 Å². The van der Waals surface area contributed by atoms with Crippen molar-refractivity contribution in [3.05, 3.63) is 30.1 Å². The summed E-state index contributed by atoms with van der Waals surface area (Å²) in [6.07, 6.45) is 1.24. The van der Waals surface area contributed by atoms with Crippen LogP contribution in [0.5, 0.6) is 0 Å². The van der Waals surface area contributed by atoms with Gasteiger partial charge in [-0.3, -0.25) is 4.79 Å². The Morgan fingerprint density at radius 1 is 1.41 bits per heavy atom. The minimum absolute atomic E-state index is 0.0682. The van der Waals surface area contributed by atoms with Gasteiger partial charge in [0.15, 0.2) is 0 Å². The Balaban J connectivity index is 2.18. The predicted molar refractivity (Wildman–Crippen MR) is 65.6 cm³/mol. The van der Waals surface area contributed by atoms with E-state index in [0.717, 1.165) is 0 Å². The zero-order valence-electron chi connectivity index (χ0n) is 9.87. The first-order chi connectivity index (χ1) is 7.83. The summed E-state index contributed by atoms with van der Waals surface area (Å²) in [6, 6.07) is 6.11. The third-order valence-corrected chi connectivity index (χ3v) is 4.37. The Bertz CT molecular complexity index is 448. The number of rotatable bonds is 3. The third kappa shape index (κ3) is 2.46. The molecule has 0 aliphatic heterocycles. The molecule has 17 heavy (non-hydrogen) atoms. The molecular weight excluding hydrogens is 239 g/mol. The van der Waals surface area contributed by atoms with Gasteiger partial charge >= 0.3 is 5.97 Å². The quantitative estimate of drug-likeness (QED) is 0.896. The van der Waals surface area contributed by atoms with E-state index >= 15 is 0 Å². The van der Waals surface area contributed by atoms with Crippen LogP contribution in [-0.4, -0.2) is 15.8 Å². The summed E-state index contributed by atoms with van der Waals surface area (Å²) in [4.78, 5) is 12.0. The van der Waals surface area contributed by atoms with Crippen LogP contribution in [0.25, 0.3) is 0 Å². The molecule has 0 bridgehead atoms. The molecule has 1 saturated carbocycles. The Labute approximate surface area is 104 Å². The van der Waals surface area contributed by atoms with Crippen molar-refractivity contribution >= 4 is 17.7 Å². The number of halogens is 1. The largest absolute Gasteiger partial charge is 0.480 e. The highest BCUT2D eigenvalue weighted by molar-refractivity contribution is 8.01. The van der Waals surface area contributed by atoms with E-state index in [1.165, 1.54) is 23.9 Å². The first kappa shape index (κ1) is 12.4. The van der Waals surface area contributed by atoms with Gasteiger partial charge in [-0.25, -0.2) is 4.39 Å². The molecule has 1 fully saturated rings. The van der Waals surface area contributed by atoms with Crippen LogP contribution in [0.4, 0.5) is 4.39 Å². The van der Waals surface area contributed by atoms with E-state index in [1.807, 2.05) is 0 Å². The predicted octanol–water partition coefficient (Wildman–Crippen LogP) is 3.56. The number of hydrogen-bond donors (Lipinski definition) is 1. The van der Waals surface area contributed by atoms with Crippen LogP contribution in [0.15, 0.2) is 29.2 Å². The van der Waals surface area contributed by atoms with Crippen molar-refractivity contribution < 1.29 is 14.3 Å². The molecule has 0 heterocycles. The average Bonchev–Trinajstić information content (AvgIpc) is 2.14. The van der Waals surface area contributed by atoms with Gasteiger partial charge in [0.05, 0.1) is 0 Å². The summed E-state index contributed by atoms with van der Waals surface area (Å²) in [5, 5.41) is 9.33. The fourth-order valence-electron chi connectivity index (χ4n) is 2.52. The molecule has 2 rings (SSSR count). The maximum Gasteiger partial charge on any atom is 0.320 e. The monoisotopic (exact) mass is 254 g/mol. The Morgan fingerprint density at radius 2 is 2.06 bits per heavy atom. The first-order valence-electron chi connectivity index (χ1n) is 5.51. The van der Waals surface area contributed by atoms with Crippen molar-refractivity contribution in [2.24, 2.45) is 5.41 Å². The van der Waals surface area contributed by atoms with Gasteiger partial charge in [-0.15, -0.1) is 11.8 Å². The number of aliphatic carboxylic acids is 1. The van der Waals surface area contributed by atoms with E-state index in [-0.39, 0.29) is 11.2 Å². The lowest BCUT2D eigenvalue weighted by molar-refractivity contribution is -0.145. The average molecular weight is 254 g/mol. The van der Waals surface area contributed by atoms with E-state index in [9.17, 15) is 14.3 Å². The van der Waals surface area contributed by atoms with Crippen LogP contribution in [0.3, 0.4) is 0 Å². The SMILES string of the molecule is CC1(C)CC(Sc2cccc(F)c2)(C(=O)O)C1. The molecule has 0 radical (unpaired) electrons. The number of hydrogen-bond acceptors (Lipinski definition) is 2. The zero-order chi connectivity index (χ0) is 12.7. The van der Waals surface area contributed by atoms with E-state index in [0.29, 0.717) is 17.7 Å². The lowest BCUT2D eigenvalue weighted by Crippen LogP contribution is -2.52. The van der Waals surface area contributed by atoms with Gasteiger partial charge in [-0.1, -0.05) is 19.9 Å². The summed E-state index contributed by atoms with van der Waals surface area (Å²) in [7, 11) is 0. The Kier molecular flexibility index (Phi) is 2.94. The van der Waals surface area contributed by atoms with E-state index in [2.05, 4.69) is 13.8 Å². The molecule has 1 aromatic carbocycles. The highest BCUT2D eigenvalue weighted by Gasteiger charge is 2.55. The number of carbonyl (C=O) groups is 1. The maximum atomic E-state index is 13.1. The van der Waals surface area contributed by atoms with Crippen LogP contribution < -0.4 is 0 Å². The molecule has 1 aliphatic rings. The Hall–Kier alpha value is -1.03. The molecule has 0 saturated heterocycles. The number of thioether (sulfide) groups is 1. The molecule has 1 N–H and O–H groups in total. The van der Waals surface area contributed by atoms with E-state index < -0.39 is 10.7 Å². The Morgan fingerprint density at radius 3 is 2.53 bits per heavy atom. The normalized spacial score (nSPS) is 20.6. The molecule has 4 heteroatoms. The zero-order valence-corrected chi connectivity index (χ0v) is 10.7. The van der Waals surface area contributed by atoms with Crippen molar-refractivity contribution in [3.63, 3.8) is 0 Å². The van der Waals surface area contributed by atoms with Gasteiger partial charge in [0.1, 0.15) is 10.6 Å². The van der Waals surface area contributed by atoms with Crippen LogP contribution in [0.2, 0.25) is 0 Å². The van der Waals surface area contributed by atoms with E-state index in [4.69, 9.17) is 0 Å². The van der Waals surface area contributed by atoms with Crippen LogP contribution in [0.1, 0.15) is 26.7 Å². The molecule has 1 aromatic rings. The third-order valence-electron chi connectivity index (χ3n) is 3.03. The van der Waals surface area contributed by atoms with Crippen molar-refractivity contribution in [1.82, 2.24) is 0 Å². The van der Waals surface area contributed by atoms with Gasteiger partial charge < -0.3 is 5.11 Å². The first-order valence-corrected chi connectivity index (χ1v) is 6.33. The maximum absolute atomic E-state index is 13.1. The lowest BCUT2D eigenvalue weighted by atomic mass is 9.64. The molecule has 0 amide bonds. The van der Waals surface area contributed by atoms with Gasteiger partial charge in [-0.2, -0.15) is 0 Å². The molecule has 92 valence electrons. The molecule has 2 nitrogen and oxygen atoms in total. The van der Waals surface area contributed by atoms with E-state index in [1.54, 1.807) is 12.1 Å². The van der Waals surface area contributed by atoms with Crippen LogP contribution in [0, 0.1) is 11.2 Å².